The molecule has 5 heteroatoms. The maximum absolute atomic E-state index is 14.1. The number of hydrogen-bond acceptors (Lipinski definition) is 4. The van der Waals surface area contributed by atoms with E-state index in [1.165, 1.54) is 12.7 Å². The third-order valence-electron chi connectivity index (χ3n) is 3.87. The molecule has 0 spiro atoms. The van der Waals surface area contributed by atoms with Gasteiger partial charge in [-0.1, -0.05) is 6.07 Å². The maximum atomic E-state index is 14.1. The first kappa shape index (κ1) is 14.5. The zero-order valence-corrected chi connectivity index (χ0v) is 12.8. The standard InChI is InChI=1S/C16H19FN2OS/c1-20-15-3-2-12(10-14(15)17)16(13-4-9-21-11-13)19-7-5-18-6-8-19/h2-4,9-11,16,18H,5-8H2,1H3. The number of thiophene rings is 1. The Bertz CT molecular complexity index is 582. The summed E-state index contributed by atoms with van der Waals surface area (Å²) in [6, 6.07) is 7.51. The molecule has 112 valence electrons. The molecule has 1 aliphatic rings. The lowest BCUT2D eigenvalue weighted by atomic mass is 9.98. The molecular weight excluding hydrogens is 287 g/mol. The number of nitrogens with zero attached hydrogens (tertiary/aromatic N) is 1. The first-order valence-corrected chi connectivity index (χ1v) is 8.04. The highest BCUT2D eigenvalue weighted by molar-refractivity contribution is 7.08. The fourth-order valence-electron chi connectivity index (χ4n) is 2.84. The fourth-order valence-corrected chi connectivity index (χ4v) is 3.52. The van der Waals surface area contributed by atoms with Crippen LogP contribution >= 0.6 is 11.3 Å². The molecule has 0 amide bonds. The number of piperazine rings is 1. The summed E-state index contributed by atoms with van der Waals surface area (Å²) in [7, 11) is 1.49. The van der Waals surface area contributed by atoms with Crippen molar-refractivity contribution in [3.63, 3.8) is 0 Å². The van der Waals surface area contributed by atoms with Gasteiger partial charge in [-0.05, 0) is 40.1 Å². The number of benzene rings is 1. The molecule has 1 aliphatic heterocycles. The summed E-state index contributed by atoms with van der Waals surface area (Å²) < 4.78 is 19.1. The molecule has 1 unspecified atom stereocenters. The molecule has 2 aromatic rings. The van der Waals surface area contributed by atoms with Crippen LogP contribution in [0.1, 0.15) is 17.2 Å². The molecule has 1 aromatic heterocycles. The van der Waals surface area contributed by atoms with Crippen molar-refractivity contribution in [2.75, 3.05) is 33.3 Å². The van der Waals surface area contributed by atoms with Gasteiger partial charge in [-0.3, -0.25) is 4.90 Å². The van der Waals surface area contributed by atoms with Gasteiger partial charge in [-0.15, -0.1) is 0 Å². The first-order chi connectivity index (χ1) is 10.3. The summed E-state index contributed by atoms with van der Waals surface area (Å²) in [5.41, 5.74) is 2.21. The Hall–Kier alpha value is -1.43. The smallest absolute Gasteiger partial charge is 0.165 e. The third-order valence-corrected chi connectivity index (χ3v) is 4.57. The Morgan fingerprint density at radius 2 is 2.05 bits per heavy atom. The van der Waals surface area contributed by atoms with Gasteiger partial charge in [-0.25, -0.2) is 4.39 Å². The number of rotatable bonds is 4. The lowest BCUT2D eigenvalue weighted by Crippen LogP contribution is -2.45. The van der Waals surface area contributed by atoms with Crippen molar-refractivity contribution in [2.45, 2.75) is 6.04 Å². The van der Waals surface area contributed by atoms with E-state index in [-0.39, 0.29) is 11.9 Å². The van der Waals surface area contributed by atoms with Gasteiger partial charge in [0.05, 0.1) is 13.2 Å². The predicted molar refractivity (Wildman–Crippen MR) is 83.6 cm³/mol. The molecule has 2 heterocycles. The van der Waals surface area contributed by atoms with Crippen LogP contribution in [0.15, 0.2) is 35.0 Å². The minimum Gasteiger partial charge on any atom is -0.494 e. The van der Waals surface area contributed by atoms with Gasteiger partial charge >= 0.3 is 0 Å². The van der Waals surface area contributed by atoms with Crippen LogP contribution in [0.5, 0.6) is 5.75 Å². The minimum absolute atomic E-state index is 0.110. The molecule has 1 N–H and O–H groups in total. The second kappa shape index (κ2) is 6.56. The van der Waals surface area contributed by atoms with E-state index in [1.54, 1.807) is 23.5 Å². The fraction of sp³-hybridized carbons (Fsp3) is 0.375. The Morgan fingerprint density at radius 3 is 2.67 bits per heavy atom. The van der Waals surface area contributed by atoms with E-state index in [1.807, 2.05) is 6.07 Å². The molecule has 1 aromatic carbocycles. The molecule has 0 radical (unpaired) electrons. The topological polar surface area (TPSA) is 24.5 Å². The van der Waals surface area contributed by atoms with Crippen molar-refractivity contribution >= 4 is 11.3 Å². The van der Waals surface area contributed by atoms with Crippen molar-refractivity contribution in [2.24, 2.45) is 0 Å². The quantitative estimate of drug-likeness (QED) is 0.940. The van der Waals surface area contributed by atoms with E-state index in [9.17, 15) is 4.39 Å². The van der Waals surface area contributed by atoms with E-state index in [0.29, 0.717) is 5.75 Å². The van der Waals surface area contributed by atoms with Crippen LogP contribution in [0.4, 0.5) is 4.39 Å². The summed E-state index contributed by atoms with van der Waals surface area (Å²) in [5, 5.41) is 7.58. The maximum Gasteiger partial charge on any atom is 0.165 e. The average Bonchev–Trinajstić information content (AvgIpc) is 3.03. The Kier molecular flexibility index (Phi) is 4.53. The summed E-state index contributed by atoms with van der Waals surface area (Å²) in [6.45, 7) is 3.88. The van der Waals surface area contributed by atoms with Crippen LogP contribution in [0.3, 0.4) is 0 Å². The number of nitrogens with one attached hydrogen (secondary N) is 1. The largest absolute Gasteiger partial charge is 0.494 e. The van der Waals surface area contributed by atoms with Crippen LogP contribution < -0.4 is 10.1 Å². The SMILES string of the molecule is COc1ccc(C(c2ccsc2)N2CCNCC2)cc1F. The van der Waals surface area contributed by atoms with Gasteiger partial charge in [0.2, 0.25) is 0 Å². The molecule has 1 atom stereocenters. The number of methoxy groups -OCH3 is 1. The van der Waals surface area contributed by atoms with Gasteiger partial charge in [-0.2, -0.15) is 11.3 Å². The molecule has 1 fully saturated rings. The zero-order chi connectivity index (χ0) is 14.7. The molecule has 0 saturated carbocycles. The highest BCUT2D eigenvalue weighted by Gasteiger charge is 2.25. The summed E-state index contributed by atoms with van der Waals surface area (Å²) in [6.07, 6.45) is 0. The molecule has 0 bridgehead atoms. The van der Waals surface area contributed by atoms with Gasteiger partial charge in [0, 0.05) is 26.2 Å². The van der Waals surface area contributed by atoms with Crippen LogP contribution in [-0.2, 0) is 0 Å². The van der Waals surface area contributed by atoms with E-state index in [4.69, 9.17) is 4.74 Å². The summed E-state index contributed by atoms with van der Waals surface area (Å²) in [4.78, 5) is 2.40. The van der Waals surface area contributed by atoms with E-state index >= 15 is 0 Å². The number of ether oxygens (including phenoxy) is 1. The van der Waals surface area contributed by atoms with Crippen molar-refractivity contribution in [3.8, 4) is 5.75 Å². The molecule has 21 heavy (non-hydrogen) atoms. The zero-order valence-electron chi connectivity index (χ0n) is 12.0. The minimum atomic E-state index is -0.301. The number of hydrogen-bond donors (Lipinski definition) is 1. The van der Waals surface area contributed by atoms with Gasteiger partial charge < -0.3 is 10.1 Å². The Balaban J connectivity index is 1.96. The lowest BCUT2D eigenvalue weighted by Gasteiger charge is -2.35. The normalized spacial score (nSPS) is 17.6. The second-order valence-corrected chi connectivity index (χ2v) is 5.92. The van der Waals surface area contributed by atoms with Gasteiger partial charge in [0.25, 0.3) is 0 Å². The lowest BCUT2D eigenvalue weighted by molar-refractivity contribution is 0.198. The Morgan fingerprint density at radius 1 is 1.24 bits per heavy atom. The van der Waals surface area contributed by atoms with Crippen LogP contribution in [0.25, 0.3) is 0 Å². The average molecular weight is 306 g/mol. The highest BCUT2D eigenvalue weighted by Crippen LogP contribution is 2.32. The Labute approximate surface area is 128 Å². The van der Waals surface area contributed by atoms with Crippen molar-refractivity contribution < 1.29 is 9.13 Å². The third kappa shape index (κ3) is 3.10. The number of halogens is 1. The van der Waals surface area contributed by atoms with E-state index < -0.39 is 0 Å². The van der Waals surface area contributed by atoms with Crippen molar-refractivity contribution in [3.05, 3.63) is 52.0 Å². The van der Waals surface area contributed by atoms with Crippen LogP contribution in [-0.4, -0.2) is 38.2 Å². The summed E-state index contributed by atoms with van der Waals surface area (Å²) in [5.74, 6) is -0.00602. The van der Waals surface area contributed by atoms with Crippen molar-refractivity contribution in [1.82, 2.24) is 10.2 Å². The monoisotopic (exact) mass is 306 g/mol. The van der Waals surface area contributed by atoms with Gasteiger partial charge in [0.1, 0.15) is 0 Å². The van der Waals surface area contributed by atoms with Crippen LogP contribution in [0, 0.1) is 5.82 Å². The molecule has 3 nitrogen and oxygen atoms in total. The summed E-state index contributed by atoms with van der Waals surface area (Å²) >= 11 is 1.68. The van der Waals surface area contributed by atoms with Crippen LogP contribution in [0.2, 0.25) is 0 Å². The first-order valence-electron chi connectivity index (χ1n) is 7.10. The second-order valence-electron chi connectivity index (χ2n) is 5.14. The molecular formula is C16H19FN2OS. The molecule has 3 rings (SSSR count). The van der Waals surface area contributed by atoms with Gasteiger partial charge in [0.15, 0.2) is 11.6 Å². The predicted octanol–water partition coefficient (Wildman–Crippen LogP) is 2.89. The molecule has 1 saturated heterocycles. The van der Waals surface area contributed by atoms with E-state index in [2.05, 4.69) is 27.0 Å². The van der Waals surface area contributed by atoms with Crippen molar-refractivity contribution in [1.29, 1.82) is 0 Å². The highest BCUT2D eigenvalue weighted by atomic mass is 32.1. The van der Waals surface area contributed by atoms with E-state index in [0.717, 1.165) is 31.7 Å². The molecule has 0 aliphatic carbocycles.